The van der Waals surface area contributed by atoms with Gasteiger partial charge in [-0.1, -0.05) is 12.8 Å². The van der Waals surface area contributed by atoms with Crippen LogP contribution in [0.4, 0.5) is 0 Å². The average molecular weight is 385 g/mol. The molecule has 1 amide bonds. The van der Waals surface area contributed by atoms with Gasteiger partial charge in [0.2, 0.25) is 5.91 Å². The van der Waals surface area contributed by atoms with Crippen molar-refractivity contribution < 1.29 is 4.79 Å². The van der Waals surface area contributed by atoms with Crippen molar-refractivity contribution >= 4 is 16.9 Å². The number of carbonyl (C=O) groups is 1. The molecule has 1 saturated heterocycles. The summed E-state index contributed by atoms with van der Waals surface area (Å²) in [4.78, 5) is 31.8. The van der Waals surface area contributed by atoms with Gasteiger partial charge < -0.3 is 14.8 Å². The molecule has 0 radical (unpaired) electrons. The number of nitrogens with zero attached hydrogens (tertiary/aromatic N) is 3. The van der Waals surface area contributed by atoms with Gasteiger partial charge in [-0.25, -0.2) is 4.98 Å². The molecule has 1 aliphatic heterocycles. The SMILES string of the molecule is Cc1cc2nc(C)c(=O)n(CCC(=O)NCCN3CCCCCC3)c2cc1C. The zero-order valence-corrected chi connectivity index (χ0v) is 17.4. The highest BCUT2D eigenvalue weighted by Crippen LogP contribution is 2.17. The van der Waals surface area contributed by atoms with E-state index in [1.165, 1.54) is 25.7 Å². The van der Waals surface area contributed by atoms with Gasteiger partial charge in [0, 0.05) is 26.1 Å². The van der Waals surface area contributed by atoms with Crippen molar-refractivity contribution in [1.29, 1.82) is 0 Å². The van der Waals surface area contributed by atoms with Crippen LogP contribution in [-0.4, -0.2) is 46.5 Å². The predicted octanol–water partition coefficient (Wildman–Crippen LogP) is 2.70. The van der Waals surface area contributed by atoms with Crippen molar-refractivity contribution in [2.75, 3.05) is 26.2 Å². The fourth-order valence-corrected chi connectivity index (χ4v) is 3.86. The summed E-state index contributed by atoms with van der Waals surface area (Å²) in [5.74, 6) is -0.00632. The summed E-state index contributed by atoms with van der Waals surface area (Å²) in [6, 6.07) is 4.00. The quantitative estimate of drug-likeness (QED) is 0.832. The molecule has 1 aromatic heterocycles. The van der Waals surface area contributed by atoms with Crippen LogP contribution in [0, 0.1) is 20.8 Å². The molecular weight excluding hydrogens is 352 g/mol. The fourth-order valence-electron chi connectivity index (χ4n) is 3.86. The average Bonchev–Trinajstić information content (AvgIpc) is 2.93. The number of carbonyl (C=O) groups excluding carboxylic acids is 1. The van der Waals surface area contributed by atoms with E-state index in [9.17, 15) is 9.59 Å². The molecule has 0 bridgehead atoms. The standard InChI is InChI=1S/C22H32N4O2/c1-16-14-19-20(15-17(16)2)26(22(28)18(3)24-19)12-8-21(27)23-9-13-25-10-6-4-5-7-11-25/h14-15H,4-13H2,1-3H3,(H,23,27). The molecule has 3 rings (SSSR count). The molecule has 0 unspecified atom stereocenters. The summed E-state index contributed by atoms with van der Waals surface area (Å²) in [5, 5.41) is 3.01. The summed E-state index contributed by atoms with van der Waals surface area (Å²) < 4.78 is 1.69. The minimum absolute atomic E-state index is 0.00632. The topological polar surface area (TPSA) is 67.2 Å². The first-order valence-corrected chi connectivity index (χ1v) is 10.4. The van der Waals surface area contributed by atoms with Crippen molar-refractivity contribution in [1.82, 2.24) is 19.8 Å². The number of rotatable bonds is 6. The molecule has 152 valence electrons. The van der Waals surface area contributed by atoms with Gasteiger partial charge in [-0.15, -0.1) is 0 Å². The first-order chi connectivity index (χ1) is 13.5. The van der Waals surface area contributed by atoms with Crippen LogP contribution >= 0.6 is 0 Å². The van der Waals surface area contributed by atoms with Crippen molar-refractivity contribution in [3.63, 3.8) is 0 Å². The molecule has 2 aromatic rings. The van der Waals surface area contributed by atoms with Gasteiger partial charge in [-0.05, 0) is 70.0 Å². The van der Waals surface area contributed by atoms with Gasteiger partial charge in [0.05, 0.1) is 11.0 Å². The van der Waals surface area contributed by atoms with Gasteiger partial charge in [-0.3, -0.25) is 9.59 Å². The lowest BCUT2D eigenvalue weighted by molar-refractivity contribution is -0.121. The number of aryl methyl sites for hydroxylation is 4. The van der Waals surface area contributed by atoms with E-state index in [1.54, 1.807) is 11.5 Å². The first-order valence-electron chi connectivity index (χ1n) is 10.4. The summed E-state index contributed by atoms with van der Waals surface area (Å²) >= 11 is 0. The Morgan fingerprint density at radius 1 is 1.04 bits per heavy atom. The largest absolute Gasteiger partial charge is 0.355 e. The van der Waals surface area contributed by atoms with Crippen LogP contribution in [0.1, 0.15) is 48.9 Å². The van der Waals surface area contributed by atoms with Crippen molar-refractivity contribution in [2.24, 2.45) is 0 Å². The Labute approximate surface area is 166 Å². The van der Waals surface area contributed by atoms with Gasteiger partial charge in [-0.2, -0.15) is 0 Å². The zero-order chi connectivity index (χ0) is 20.1. The molecular formula is C22H32N4O2. The van der Waals surface area contributed by atoms with E-state index in [2.05, 4.69) is 15.2 Å². The Balaban J connectivity index is 1.61. The maximum absolute atomic E-state index is 12.6. The minimum Gasteiger partial charge on any atom is -0.355 e. The maximum Gasteiger partial charge on any atom is 0.272 e. The van der Waals surface area contributed by atoms with E-state index in [1.807, 2.05) is 26.0 Å². The van der Waals surface area contributed by atoms with Gasteiger partial charge in [0.25, 0.3) is 5.56 Å². The van der Waals surface area contributed by atoms with Crippen molar-refractivity contribution in [3.05, 3.63) is 39.3 Å². The number of fused-ring (bicyclic) bond motifs is 1. The molecule has 2 heterocycles. The Bertz CT molecular complexity index is 896. The van der Waals surface area contributed by atoms with Gasteiger partial charge in [0.15, 0.2) is 0 Å². The van der Waals surface area contributed by atoms with Crippen LogP contribution in [0.3, 0.4) is 0 Å². The van der Waals surface area contributed by atoms with E-state index in [-0.39, 0.29) is 11.5 Å². The molecule has 28 heavy (non-hydrogen) atoms. The van der Waals surface area contributed by atoms with Crippen LogP contribution in [0.25, 0.3) is 11.0 Å². The first kappa shape index (κ1) is 20.5. The third-order valence-electron chi connectivity index (χ3n) is 5.74. The maximum atomic E-state index is 12.6. The molecule has 0 aliphatic carbocycles. The smallest absolute Gasteiger partial charge is 0.272 e. The summed E-state index contributed by atoms with van der Waals surface area (Å²) in [5.41, 5.74) is 4.23. The molecule has 1 aromatic carbocycles. The molecule has 1 aliphatic rings. The number of nitrogens with one attached hydrogen (secondary N) is 1. The summed E-state index contributed by atoms with van der Waals surface area (Å²) in [7, 11) is 0. The Morgan fingerprint density at radius 2 is 1.71 bits per heavy atom. The Hall–Kier alpha value is -2.21. The van der Waals surface area contributed by atoms with Gasteiger partial charge >= 0.3 is 0 Å². The number of amides is 1. The molecule has 1 N–H and O–H groups in total. The molecule has 0 spiro atoms. The lowest BCUT2D eigenvalue weighted by atomic mass is 10.1. The highest BCUT2D eigenvalue weighted by atomic mass is 16.2. The third kappa shape index (κ3) is 4.98. The van der Waals surface area contributed by atoms with E-state index >= 15 is 0 Å². The van der Waals surface area contributed by atoms with E-state index < -0.39 is 0 Å². The number of aromatic nitrogens is 2. The van der Waals surface area contributed by atoms with Crippen LogP contribution in [0.2, 0.25) is 0 Å². The molecule has 6 heteroatoms. The molecule has 6 nitrogen and oxygen atoms in total. The normalized spacial score (nSPS) is 15.5. The van der Waals surface area contributed by atoms with Gasteiger partial charge in [0.1, 0.15) is 5.69 Å². The lowest BCUT2D eigenvalue weighted by Crippen LogP contribution is -2.36. The Kier molecular flexibility index (Phi) is 6.83. The second kappa shape index (κ2) is 9.32. The van der Waals surface area contributed by atoms with Crippen molar-refractivity contribution in [3.8, 4) is 0 Å². The number of hydrogen-bond acceptors (Lipinski definition) is 4. The highest BCUT2D eigenvalue weighted by Gasteiger charge is 2.12. The molecule has 0 atom stereocenters. The zero-order valence-electron chi connectivity index (χ0n) is 17.4. The second-order valence-corrected chi connectivity index (χ2v) is 7.93. The number of benzene rings is 1. The van der Waals surface area contributed by atoms with Crippen LogP contribution in [0.5, 0.6) is 0 Å². The van der Waals surface area contributed by atoms with E-state index in [0.717, 1.165) is 41.8 Å². The predicted molar refractivity (Wildman–Crippen MR) is 113 cm³/mol. The third-order valence-corrected chi connectivity index (χ3v) is 5.74. The fraction of sp³-hybridized carbons (Fsp3) is 0.591. The lowest BCUT2D eigenvalue weighted by Gasteiger charge is -2.19. The second-order valence-electron chi connectivity index (χ2n) is 7.93. The highest BCUT2D eigenvalue weighted by molar-refractivity contribution is 5.78. The molecule has 0 saturated carbocycles. The minimum atomic E-state index is -0.117. The summed E-state index contributed by atoms with van der Waals surface area (Å²) in [6.07, 6.45) is 5.44. The Morgan fingerprint density at radius 3 is 2.43 bits per heavy atom. The van der Waals surface area contributed by atoms with Crippen molar-refractivity contribution in [2.45, 2.75) is 59.4 Å². The number of hydrogen-bond donors (Lipinski definition) is 1. The van der Waals surface area contributed by atoms with E-state index in [4.69, 9.17) is 0 Å². The van der Waals surface area contributed by atoms with Crippen LogP contribution < -0.4 is 10.9 Å². The van der Waals surface area contributed by atoms with E-state index in [0.29, 0.717) is 25.2 Å². The van der Waals surface area contributed by atoms with Crippen LogP contribution in [-0.2, 0) is 11.3 Å². The number of likely N-dealkylation sites (tertiary alicyclic amines) is 1. The summed E-state index contributed by atoms with van der Waals surface area (Å²) in [6.45, 7) is 10.0. The molecule has 1 fully saturated rings. The van der Waals surface area contributed by atoms with Crippen LogP contribution in [0.15, 0.2) is 16.9 Å². The monoisotopic (exact) mass is 384 g/mol.